The van der Waals surface area contributed by atoms with E-state index in [0.29, 0.717) is 35.7 Å². The van der Waals surface area contributed by atoms with E-state index in [1.54, 1.807) is 19.4 Å². The number of benzene rings is 2. The minimum atomic E-state index is 0.394. The largest absolute Gasteiger partial charge is 0.497 e. The molecule has 0 amide bonds. The summed E-state index contributed by atoms with van der Waals surface area (Å²) in [5, 5.41) is 3.20. The molecule has 0 saturated heterocycles. The first-order chi connectivity index (χ1) is 14.2. The van der Waals surface area contributed by atoms with Crippen molar-refractivity contribution in [3.8, 4) is 28.7 Å². The first-order valence-corrected chi connectivity index (χ1v) is 9.11. The molecule has 0 fully saturated rings. The lowest BCUT2D eigenvalue weighted by Gasteiger charge is -2.09. The van der Waals surface area contributed by atoms with E-state index < -0.39 is 0 Å². The summed E-state index contributed by atoms with van der Waals surface area (Å²) in [6, 6.07) is 18.9. The van der Waals surface area contributed by atoms with Crippen LogP contribution in [0.4, 0.5) is 5.82 Å². The Hall–Kier alpha value is -3.87. The van der Waals surface area contributed by atoms with Crippen LogP contribution in [-0.4, -0.2) is 22.1 Å². The Morgan fingerprint density at radius 3 is 2.48 bits per heavy atom. The fourth-order valence-electron chi connectivity index (χ4n) is 2.74. The van der Waals surface area contributed by atoms with E-state index in [9.17, 15) is 0 Å². The maximum Gasteiger partial charge on any atom is 0.224 e. The first kappa shape index (κ1) is 18.5. The van der Waals surface area contributed by atoms with Crippen LogP contribution in [0.1, 0.15) is 11.7 Å². The van der Waals surface area contributed by atoms with Gasteiger partial charge in [0.2, 0.25) is 11.8 Å². The minimum absolute atomic E-state index is 0.394. The van der Waals surface area contributed by atoms with Gasteiger partial charge in [-0.2, -0.15) is 4.98 Å². The standard InChI is InChI=1S/C22H20N4O3/c1-15-25-20(12-21(26-15)28-18-10-8-17(27-2)9-11-18)23-14-22-24-13-19(29-22)16-6-4-3-5-7-16/h3-13H,14H2,1-2H3,(H,23,25,26). The molecule has 146 valence electrons. The number of hydrogen-bond acceptors (Lipinski definition) is 7. The smallest absolute Gasteiger partial charge is 0.224 e. The van der Waals surface area contributed by atoms with Crippen LogP contribution in [0.25, 0.3) is 11.3 Å². The van der Waals surface area contributed by atoms with Gasteiger partial charge in [-0.1, -0.05) is 30.3 Å². The number of methoxy groups -OCH3 is 1. The average molecular weight is 388 g/mol. The van der Waals surface area contributed by atoms with E-state index in [0.717, 1.165) is 17.1 Å². The highest BCUT2D eigenvalue weighted by atomic mass is 16.5. The van der Waals surface area contributed by atoms with Gasteiger partial charge >= 0.3 is 0 Å². The van der Waals surface area contributed by atoms with Crippen LogP contribution in [0.5, 0.6) is 17.4 Å². The fraction of sp³-hybridized carbons (Fsp3) is 0.136. The number of nitrogens with zero attached hydrogens (tertiary/aromatic N) is 3. The van der Waals surface area contributed by atoms with Crippen LogP contribution in [0, 0.1) is 6.92 Å². The van der Waals surface area contributed by atoms with Gasteiger partial charge < -0.3 is 19.2 Å². The zero-order valence-corrected chi connectivity index (χ0v) is 16.1. The molecule has 2 aromatic carbocycles. The van der Waals surface area contributed by atoms with Crippen molar-refractivity contribution >= 4 is 5.82 Å². The molecule has 0 saturated carbocycles. The number of ether oxygens (including phenoxy) is 2. The summed E-state index contributed by atoms with van der Waals surface area (Å²) in [5.41, 5.74) is 0.985. The molecule has 0 spiro atoms. The van der Waals surface area contributed by atoms with Crippen molar-refractivity contribution in [2.24, 2.45) is 0 Å². The molecule has 1 N–H and O–H groups in total. The van der Waals surface area contributed by atoms with Gasteiger partial charge in [0, 0.05) is 11.6 Å². The third kappa shape index (κ3) is 4.70. The predicted molar refractivity (Wildman–Crippen MR) is 109 cm³/mol. The van der Waals surface area contributed by atoms with Gasteiger partial charge in [0.05, 0.1) is 19.9 Å². The van der Waals surface area contributed by atoms with Crippen LogP contribution in [0.15, 0.2) is 71.3 Å². The summed E-state index contributed by atoms with van der Waals surface area (Å²) >= 11 is 0. The number of aryl methyl sites for hydroxylation is 1. The summed E-state index contributed by atoms with van der Waals surface area (Å²) in [6.45, 7) is 2.20. The number of oxazole rings is 1. The molecule has 4 rings (SSSR count). The summed E-state index contributed by atoms with van der Waals surface area (Å²) in [6.07, 6.45) is 1.72. The lowest BCUT2D eigenvalue weighted by Crippen LogP contribution is -2.04. The van der Waals surface area contributed by atoms with Gasteiger partial charge in [-0.3, -0.25) is 0 Å². The van der Waals surface area contributed by atoms with Crippen LogP contribution in [0.3, 0.4) is 0 Å². The summed E-state index contributed by atoms with van der Waals surface area (Å²) in [4.78, 5) is 13.0. The zero-order valence-electron chi connectivity index (χ0n) is 16.1. The highest BCUT2D eigenvalue weighted by Crippen LogP contribution is 2.24. The molecule has 7 heteroatoms. The van der Waals surface area contributed by atoms with Gasteiger partial charge in [0.25, 0.3) is 0 Å². The van der Waals surface area contributed by atoms with Gasteiger partial charge in [-0.05, 0) is 31.2 Å². The van der Waals surface area contributed by atoms with Crippen molar-refractivity contribution < 1.29 is 13.9 Å². The topological polar surface area (TPSA) is 82.3 Å². The number of nitrogens with one attached hydrogen (secondary N) is 1. The van der Waals surface area contributed by atoms with Crippen molar-refractivity contribution in [1.82, 2.24) is 15.0 Å². The molecule has 2 heterocycles. The third-order valence-electron chi connectivity index (χ3n) is 4.13. The van der Waals surface area contributed by atoms with E-state index >= 15 is 0 Å². The molecule has 4 aromatic rings. The number of aromatic nitrogens is 3. The van der Waals surface area contributed by atoms with E-state index in [1.165, 1.54) is 0 Å². The van der Waals surface area contributed by atoms with E-state index in [1.807, 2.05) is 61.5 Å². The van der Waals surface area contributed by atoms with Gasteiger partial charge in [0.1, 0.15) is 23.1 Å². The SMILES string of the molecule is COc1ccc(Oc2cc(NCc3ncc(-c4ccccc4)o3)nc(C)n2)cc1. The molecule has 29 heavy (non-hydrogen) atoms. The highest BCUT2D eigenvalue weighted by molar-refractivity contribution is 5.55. The Morgan fingerprint density at radius 1 is 0.966 bits per heavy atom. The molecular weight excluding hydrogens is 368 g/mol. The van der Waals surface area contributed by atoms with Gasteiger partial charge in [0.15, 0.2) is 5.76 Å². The third-order valence-corrected chi connectivity index (χ3v) is 4.13. The predicted octanol–water partition coefficient (Wildman–Crippen LogP) is 4.85. The maximum absolute atomic E-state index is 5.83. The number of hydrogen-bond donors (Lipinski definition) is 1. The molecule has 0 aliphatic carbocycles. The van der Waals surface area contributed by atoms with Crippen LogP contribution in [-0.2, 0) is 6.54 Å². The summed E-state index contributed by atoms with van der Waals surface area (Å²) in [5.74, 6) is 4.39. The monoisotopic (exact) mass is 388 g/mol. The first-order valence-electron chi connectivity index (χ1n) is 9.11. The Morgan fingerprint density at radius 2 is 1.72 bits per heavy atom. The second-order valence-electron chi connectivity index (χ2n) is 6.25. The number of anilines is 1. The molecule has 2 aromatic heterocycles. The Kier molecular flexibility index (Phi) is 5.38. The lowest BCUT2D eigenvalue weighted by atomic mass is 10.2. The van der Waals surface area contributed by atoms with Crippen LogP contribution in [0.2, 0.25) is 0 Å². The Balaban J connectivity index is 1.43. The second-order valence-corrected chi connectivity index (χ2v) is 6.25. The molecule has 7 nitrogen and oxygen atoms in total. The van der Waals surface area contributed by atoms with Crippen molar-refractivity contribution in [3.63, 3.8) is 0 Å². The van der Waals surface area contributed by atoms with Crippen molar-refractivity contribution in [1.29, 1.82) is 0 Å². The van der Waals surface area contributed by atoms with Crippen molar-refractivity contribution in [2.75, 3.05) is 12.4 Å². The van der Waals surface area contributed by atoms with Crippen LogP contribution < -0.4 is 14.8 Å². The molecule has 0 radical (unpaired) electrons. The van der Waals surface area contributed by atoms with E-state index in [-0.39, 0.29) is 0 Å². The number of rotatable bonds is 7. The van der Waals surface area contributed by atoms with Gasteiger partial charge in [-0.15, -0.1) is 0 Å². The lowest BCUT2D eigenvalue weighted by molar-refractivity contribution is 0.412. The maximum atomic E-state index is 5.83. The molecule has 0 aliphatic heterocycles. The molecular formula is C22H20N4O3. The van der Waals surface area contributed by atoms with Crippen molar-refractivity contribution in [2.45, 2.75) is 13.5 Å². The molecule has 0 unspecified atom stereocenters. The van der Waals surface area contributed by atoms with E-state index in [2.05, 4.69) is 20.3 Å². The average Bonchev–Trinajstić information content (AvgIpc) is 3.22. The van der Waals surface area contributed by atoms with Crippen LogP contribution >= 0.6 is 0 Å². The Bertz CT molecular complexity index is 1080. The highest BCUT2D eigenvalue weighted by Gasteiger charge is 2.08. The Labute approximate surface area is 168 Å². The van der Waals surface area contributed by atoms with Crippen molar-refractivity contribution in [3.05, 3.63) is 78.6 Å². The second kappa shape index (κ2) is 8.43. The minimum Gasteiger partial charge on any atom is -0.497 e. The molecule has 0 aliphatic rings. The normalized spacial score (nSPS) is 10.6. The quantitative estimate of drug-likeness (QED) is 0.484. The summed E-state index contributed by atoms with van der Waals surface area (Å²) < 4.78 is 16.8. The zero-order chi connectivity index (χ0) is 20.1. The van der Waals surface area contributed by atoms with E-state index in [4.69, 9.17) is 13.9 Å². The van der Waals surface area contributed by atoms with Gasteiger partial charge in [-0.25, -0.2) is 9.97 Å². The summed E-state index contributed by atoms with van der Waals surface area (Å²) in [7, 11) is 1.62. The fourth-order valence-corrected chi connectivity index (χ4v) is 2.74. The molecule has 0 bridgehead atoms. The molecule has 0 atom stereocenters.